The summed E-state index contributed by atoms with van der Waals surface area (Å²) < 4.78 is 1.08. The van der Waals surface area contributed by atoms with E-state index < -0.39 is 0 Å². The molecule has 1 aromatic rings. The van der Waals surface area contributed by atoms with Gasteiger partial charge in [0.25, 0.3) is 0 Å². The van der Waals surface area contributed by atoms with E-state index in [4.69, 9.17) is 0 Å². The number of unbranched alkanes of at least 4 members (excludes halogenated alkanes) is 3. The van der Waals surface area contributed by atoms with Gasteiger partial charge < -0.3 is 27.3 Å². The molecule has 1 heterocycles. The molecule has 4 nitrogen and oxygen atoms in total. The zero-order valence-electron chi connectivity index (χ0n) is 23.2. The van der Waals surface area contributed by atoms with E-state index in [0.29, 0.717) is 18.9 Å². The third-order valence-electron chi connectivity index (χ3n) is 6.85. The van der Waals surface area contributed by atoms with Crippen molar-refractivity contribution >= 4 is 5.91 Å². The molecule has 2 unspecified atom stereocenters. The van der Waals surface area contributed by atoms with E-state index in [1.807, 2.05) is 0 Å². The van der Waals surface area contributed by atoms with Gasteiger partial charge in [-0.25, -0.2) is 0 Å². The van der Waals surface area contributed by atoms with Gasteiger partial charge in [-0.2, -0.15) is 0 Å². The van der Waals surface area contributed by atoms with Gasteiger partial charge in [-0.15, -0.1) is 0 Å². The molecule has 0 radical (unpaired) electrons. The van der Waals surface area contributed by atoms with E-state index in [9.17, 15) is 9.90 Å². The Morgan fingerprint density at radius 2 is 1.54 bits per heavy atom. The number of hydrogen-bond acceptors (Lipinski definition) is 2. The first-order valence-corrected chi connectivity index (χ1v) is 14.2. The van der Waals surface area contributed by atoms with Gasteiger partial charge >= 0.3 is 0 Å². The Hall–Kier alpha value is -1.10. The largest absolute Gasteiger partial charge is 1.00 e. The van der Waals surface area contributed by atoms with Crippen LogP contribution in [-0.2, 0) is 11.3 Å². The minimum Gasteiger partial charge on any atom is -1.00 e. The maximum Gasteiger partial charge on any atom is 0.220 e. The van der Waals surface area contributed by atoms with E-state index >= 15 is 0 Å². The molecule has 1 amide bonds. The maximum atomic E-state index is 12.0. The predicted molar refractivity (Wildman–Crippen MR) is 146 cm³/mol. The molecular weight excluding hydrogens is 456 g/mol. The highest BCUT2D eigenvalue weighted by molar-refractivity contribution is 5.76. The van der Waals surface area contributed by atoms with Crippen LogP contribution in [0, 0.1) is 0 Å². The number of nitrogens with one attached hydrogen (secondary N) is 1. The van der Waals surface area contributed by atoms with Crippen molar-refractivity contribution in [2.75, 3.05) is 20.6 Å². The van der Waals surface area contributed by atoms with Gasteiger partial charge in [0.1, 0.15) is 6.54 Å². The summed E-state index contributed by atoms with van der Waals surface area (Å²) >= 11 is 0. The Morgan fingerprint density at radius 1 is 0.886 bits per heavy atom. The van der Waals surface area contributed by atoms with Gasteiger partial charge in [0.2, 0.25) is 5.91 Å². The number of quaternary nitrogens is 1. The Labute approximate surface area is 223 Å². The van der Waals surface area contributed by atoms with Crippen molar-refractivity contribution in [3.05, 3.63) is 35.9 Å². The molecule has 35 heavy (non-hydrogen) atoms. The van der Waals surface area contributed by atoms with Crippen molar-refractivity contribution in [1.29, 1.82) is 0 Å². The summed E-state index contributed by atoms with van der Waals surface area (Å²) in [7, 11) is 4.58. The first kappa shape index (κ1) is 33.9. The van der Waals surface area contributed by atoms with Crippen molar-refractivity contribution in [3.8, 4) is 0 Å². The number of nitrogens with zero attached hydrogens (tertiary/aromatic N) is 1. The van der Waals surface area contributed by atoms with Crippen LogP contribution in [0.3, 0.4) is 0 Å². The summed E-state index contributed by atoms with van der Waals surface area (Å²) in [5, 5.41) is 13.1. The second-order valence-electron chi connectivity index (χ2n) is 11.0. The summed E-state index contributed by atoms with van der Waals surface area (Å²) in [5.41, 5.74) is 1.43. The fourth-order valence-electron chi connectivity index (χ4n) is 4.91. The highest BCUT2D eigenvalue weighted by Crippen LogP contribution is 2.16. The van der Waals surface area contributed by atoms with Crippen molar-refractivity contribution in [3.63, 3.8) is 0 Å². The van der Waals surface area contributed by atoms with E-state index in [1.165, 1.54) is 69.9 Å². The average molecular weight is 511 g/mol. The van der Waals surface area contributed by atoms with Crippen molar-refractivity contribution in [2.24, 2.45) is 0 Å². The fourth-order valence-corrected chi connectivity index (χ4v) is 4.91. The number of benzene rings is 1. The summed E-state index contributed by atoms with van der Waals surface area (Å²) in [5.74, 6) is 0.133. The van der Waals surface area contributed by atoms with Crippen LogP contribution in [-0.4, -0.2) is 48.3 Å². The van der Waals surface area contributed by atoms with Crippen LogP contribution < -0.4 is 17.7 Å². The first-order chi connectivity index (χ1) is 16.4. The lowest BCUT2D eigenvalue weighted by molar-refractivity contribution is -0.903. The molecule has 1 saturated heterocycles. The molecule has 1 aliphatic rings. The van der Waals surface area contributed by atoms with Crippen LogP contribution in [0.25, 0.3) is 0 Å². The zero-order chi connectivity index (χ0) is 25.1. The molecular formula is C30H55ClN2O2. The molecule has 2 atom stereocenters. The second kappa shape index (κ2) is 21.0. The van der Waals surface area contributed by atoms with Crippen LogP contribution in [0.4, 0.5) is 0 Å². The van der Waals surface area contributed by atoms with E-state index in [1.54, 1.807) is 0 Å². The standard InChI is InChI=1S/C18H35NO2.C12H20N.ClH/c1-2-3-4-8-11-16-12-9-6-5-7-10-13-17(20)14-15-18(21)19-16;1-4-10-13(2,3)11-12-8-6-5-7-9-12;/h16-17,20H,2-15H2,1H3,(H,19,21);5-9H,4,10-11H2,1-3H3;1H/q;+1;/p-1. The molecule has 2 rings (SSSR count). The number of carbonyl (C=O) groups is 1. The molecule has 0 spiro atoms. The smallest absolute Gasteiger partial charge is 0.220 e. The summed E-state index contributed by atoms with van der Waals surface area (Å²) in [6, 6.07) is 11.1. The number of aliphatic hydroxyl groups excluding tert-OH is 1. The van der Waals surface area contributed by atoms with E-state index in [-0.39, 0.29) is 24.4 Å². The number of amides is 1. The monoisotopic (exact) mass is 510 g/mol. The normalized spacial score (nSPS) is 20.1. The highest BCUT2D eigenvalue weighted by Gasteiger charge is 2.15. The fraction of sp³-hybridized carbons (Fsp3) is 0.767. The molecule has 0 aromatic heterocycles. The van der Waals surface area contributed by atoms with Gasteiger partial charge in [0.05, 0.1) is 26.7 Å². The van der Waals surface area contributed by atoms with Crippen LogP contribution in [0.2, 0.25) is 0 Å². The zero-order valence-corrected chi connectivity index (χ0v) is 24.0. The molecule has 2 N–H and O–H groups in total. The quantitative estimate of drug-likeness (QED) is 0.389. The number of carbonyl (C=O) groups excluding carboxylic acids is 1. The topological polar surface area (TPSA) is 49.3 Å². The summed E-state index contributed by atoms with van der Waals surface area (Å²) in [4.78, 5) is 12.0. The van der Waals surface area contributed by atoms with E-state index in [2.05, 4.69) is 63.6 Å². The van der Waals surface area contributed by atoms with Crippen LogP contribution in [0.5, 0.6) is 0 Å². The second-order valence-corrected chi connectivity index (χ2v) is 11.0. The third kappa shape index (κ3) is 18.8. The van der Waals surface area contributed by atoms with Gasteiger partial charge in [-0.05, 0) is 32.1 Å². The van der Waals surface area contributed by atoms with Gasteiger partial charge in [-0.1, -0.05) is 102 Å². The lowest BCUT2D eigenvalue weighted by atomic mass is 10.0. The van der Waals surface area contributed by atoms with Crippen LogP contribution >= 0.6 is 0 Å². The van der Waals surface area contributed by atoms with Crippen molar-refractivity contribution in [2.45, 2.75) is 129 Å². The average Bonchev–Trinajstić information content (AvgIpc) is 2.81. The number of halogens is 1. The van der Waals surface area contributed by atoms with Crippen molar-refractivity contribution in [1.82, 2.24) is 5.32 Å². The number of aliphatic hydroxyl groups is 1. The van der Waals surface area contributed by atoms with Gasteiger partial charge in [-0.3, -0.25) is 4.79 Å². The lowest BCUT2D eigenvalue weighted by Gasteiger charge is -2.29. The maximum absolute atomic E-state index is 12.0. The number of hydrogen-bond donors (Lipinski definition) is 2. The SMILES string of the molecule is CCCCCCC1CCCCCCCC(O)CCC(=O)N1.CCC[N+](C)(C)Cc1ccccc1.[Cl-]. The highest BCUT2D eigenvalue weighted by atomic mass is 35.5. The number of rotatable bonds is 9. The molecule has 0 aliphatic carbocycles. The molecule has 0 bridgehead atoms. The van der Waals surface area contributed by atoms with Gasteiger partial charge in [0, 0.05) is 18.0 Å². The van der Waals surface area contributed by atoms with Crippen molar-refractivity contribution < 1.29 is 26.8 Å². The molecule has 1 aromatic carbocycles. The Morgan fingerprint density at radius 3 is 2.20 bits per heavy atom. The molecule has 1 aliphatic heterocycles. The van der Waals surface area contributed by atoms with Gasteiger partial charge in [0.15, 0.2) is 0 Å². The minimum atomic E-state index is -0.292. The van der Waals surface area contributed by atoms with Crippen LogP contribution in [0.15, 0.2) is 30.3 Å². The third-order valence-corrected chi connectivity index (χ3v) is 6.85. The predicted octanol–water partition coefficient (Wildman–Crippen LogP) is 4.00. The molecule has 5 heteroatoms. The first-order valence-electron chi connectivity index (χ1n) is 14.2. The summed E-state index contributed by atoms with van der Waals surface area (Å²) in [6.07, 6.45) is 16.3. The van der Waals surface area contributed by atoms with Crippen LogP contribution in [0.1, 0.15) is 116 Å². The lowest BCUT2D eigenvalue weighted by Crippen LogP contribution is -3.00. The summed E-state index contributed by atoms with van der Waals surface area (Å²) in [6.45, 7) is 6.85. The Balaban J connectivity index is 0.000000711. The van der Waals surface area contributed by atoms with E-state index in [0.717, 1.165) is 36.7 Å². The Bertz CT molecular complexity index is 624. The molecule has 1 fully saturated rings. The molecule has 204 valence electrons. The molecule has 0 saturated carbocycles. The minimum absolute atomic E-state index is 0. The Kier molecular flexibility index (Phi) is 20.4.